The van der Waals surface area contributed by atoms with Crippen LogP contribution in [-0.4, -0.2) is 35.2 Å². The maximum absolute atomic E-state index is 12.5. The molecule has 1 atom stereocenters. The van der Waals surface area contributed by atoms with Crippen molar-refractivity contribution >= 4 is 23.8 Å². The number of allylic oxidation sites excluding steroid dienone is 1. The van der Waals surface area contributed by atoms with Gasteiger partial charge in [0.25, 0.3) is 0 Å². The molecule has 7 heteroatoms. The van der Waals surface area contributed by atoms with E-state index in [0.29, 0.717) is 13.1 Å². The van der Waals surface area contributed by atoms with Crippen LogP contribution in [0, 0.1) is 0 Å². The third-order valence-corrected chi connectivity index (χ3v) is 6.06. The normalized spacial score (nSPS) is 16.4. The number of nitrogens with zero attached hydrogens (tertiary/aromatic N) is 1. The first kappa shape index (κ1) is 23.1. The summed E-state index contributed by atoms with van der Waals surface area (Å²) < 4.78 is 0. The van der Waals surface area contributed by atoms with Gasteiger partial charge in [-0.1, -0.05) is 68.8 Å². The van der Waals surface area contributed by atoms with E-state index in [1.54, 1.807) is 4.90 Å². The molecule has 2 N–H and O–H groups in total. The summed E-state index contributed by atoms with van der Waals surface area (Å²) in [6, 6.07) is 10.2. The second-order valence-corrected chi connectivity index (χ2v) is 8.29. The van der Waals surface area contributed by atoms with E-state index in [4.69, 9.17) is 4.84 Å². The number of hydroxylamine groups is 1. The van der Waals surface area contributed by atoms with Crippen molar-refractivity contribution in [1.29, 1.82) is 0 Å². The largest absolute Gasteiger partial charge is 0.434 e. The van der Waals surface area contributed by atoms with Gasteiger partial charge in [0.15, 0.2) is 0 Å². The number of aryl methyl sites for hydroxylation is 1. The van der Waals surface area contributed by atoms with Crippen LogP contribution in [0.1, 0.15) is 58.4 Å². The van der Waals surface area contributed by atoms with Gasteiger partial charge in [0.1, 0.15) is 5.03 Å². The molecule has 1 unspecified atom stereocenters. The van der Waals surface area contributed by atoms with Crippen LogP contribution in [0.25, 0.3) is 0 Å². The Kier molecular flexibility index (Phi) is 9.91. The molecule has 0 aliphatic carbocycles. The topological polar surface area (TPSA) is 70.7 Å². The minimum Gasteiger partial charge on any atom is -0.326 e. The summed E-state index contributed by atoms with van der Waals surface area (Å²) in [7, 11) is 0. The van der Waals surface area contributed by atoms with Crippen LogP contribution in [0.3, 0.4) is 0 Å². The molecule has 1 heterocycles. The molecule has 0 saturated heterocycles. The maximum Gasteiger partial charge on any atom is 0.434 e. The van der Waals surface area contributed by atoms with Crippen molar-refractivity contribution in [2.24, 2.45) is 0 Å². The summed E-state index contributed by atoms with van der Waals surface area (Å²) in [4.78, 5) is 31.8. The molecule has 160 valence electrons. The van der Waals surface area contributed by atoms with Gasteiger partial charge in [-0.05, 0) is 38.2 Å². The molecular formula is C22H33N3O3S. The number of nitrogens with one attached hydrogen (secondary N) is 2. The van der Waals surface area contributed by atoms with E-state index in [-0.39, 0.29) is 11.2 Å². The summed E-state index contributed by atoms with van der Waals surface area (Å²) >= 11 is 1.45. The molecule has 2 amide bonds. The Bertz CT molecular complexity index is 694. The van der Waals surface area contributed by atoms with Gasteiger partial charge in [-0.3, -0.25) is 4.79 Å². The Hall–Kier alpha value is -2.15. The SMILES string of the molecule is CCCC1=C(NOC(=O)N(CC)CCCc2ccccc2)SC(CCC)C(=O)N1. The number of hydrogen-bond acceptors (Lipinski definition) is 5. The van der Waals surface area contributed by atoms with Crippen molar-refractivity contribution in [2.45, 2.75) is 64.5 Å². The summed E-state index contributed by atoms with van der Waals surface area (Å²) in [5.41, 5.74) is 4.89. The third kappa shape index (κ3) is 7.31. The Labute approximate surface area is 178 Å². The fourth-order valence-electron chi connectivity index (χ4n) is 3.17. The van der Waals surface area contributed by atoms with Crippen LogP contribution < -0.4 is 10.8 Å². The lowest BCUT2D eigenvalue weighted by Crippen LogP contribution is -2.41. The minimum atomic E-state index is -0.395. The fourth-order valence-corrected chi connectivity index (χ4v) is 4.36. The van der Waals surface area contributed by atoms with E-state index >= 15 is 0 Å². The zero-order chi connectivity index (χ0) is 21.1. The first-order valence-electron chi connectivity index (χ1n) is 10.5. The highest BCUT2D eigenvalue weighted by atomic mass is 32.2. The summed E-state index contributed by atoms with van der Waals surface area (Å²) in [6.07, 6.45) is 4.74. The smallest absolute Gasteiger partial charge is 0.326 e. The number of hydrogen-bond donors (Lipinski definition) is 2. The number of carbonyl (C=O) groups is 2. The molecule has 1 aromatic rings. The lowest BCUT2D eigenvalue weighted by atomic mass is 10.1. The van der Waals surface area contributed by atoms with E-state index in [2.05, 4.69) is 36.8 Å². The molecular weight excluding hydrogens is 386 g/mol. The van der Waals surface area contributed by atoms with Gasteiger partial charge in [0, 0.05) is 13.1 Å². The highest BCUT2D eigenvalue weighted by Crippen LogP contribution is 2.31. The van der Waals surface area contributed by atoms with E-state index in [1.807, 2.05) is 25.1 Å². The summed E-state index contributed by atoms with van der Waals surface area (Å²) in [5, 5.41) is 3.55. The molecule has 0 spiro atoms. The summed E-state index contributed by atoms with van der Waals surface area (Å²) in [5.74, 6) is 0.0354. The number of amides is 2. The van der Waals surface area contributed by atoms with Gasteiger partial charge < -0.3 is 15.1 Å². The predicted octanol–water partition coefficient (Wildman–Crippen LogP) is 4.58. The molecule has 2 rings (SSSR count). The van der Waals surface area contributed by atoms with Crippen LogP contribution in [-0.2, 0) is 16.1 Å². The molecule has 6 nitrogen and oxygen atoms in total. The van der Waals surface area contributed by atoms with Crippen molar-refractivity contribution in [3.63, 3.8) is 0 Å². The van der Waals surface area contributed by atoms with Crippen LogP contribution in [0.4, 0.5) is 4.79 Å². The van der Waals surface area contributed by atoms with Crippen molar-refractivity contribution in [1.82, 2.24) is 15.7 Å². The molecule has 0 radical (unpaired) electrons. The molecule has 1 aliphatic rings. The monoisotopic (exact) mass is 419 g/mol. The quantitative estimate of drug-likeness (QED) is 0.514. The van der Waals surface area contributed by atoms with E-state index in [1.165, 1.54) is 17.3 Å². The van der Waals surface area contributed by atoms with E-state index in [0.717, 1.165) is 49.3 Å². The Morgan fingerprint density at radius 2 is 1.93 bits per heavy atom. The lowest BCUT2D eigenvalue weighted by Gasteiger charge is -2.27. The highest BCUT2D eigenvalue weighted by Gasteiger charge is 2.29. The standard InChI is InChI=1S/C22H33N3O3S/c1-4-11-18-21(29-19(12-5-2)20(26)23-18)24-28-22(27)25(6-3)16-10-15-17-13-8-7-9-14-17/h7-9,13-14,19,24H,4-6,10-12,15-16H2,1-3H3,(H,23,26). The van der Waals surface area contributed by atoms with Crippen LogP contribution in [0.15, 0.2) is 41.1 Å². The predicted molar refractivity (Wildman–Crippen MR) is 118 cm³/mol. The van der Waals surface area contributed by atoms with E-state index in [9.17, 15) is 9.59 Å². The van der Waals surface area contributed by atoms with E-state index < -0.39 is 6.09 Å². The molecule has 0 bridgehead atoms. The van der Waals surface area contributed by atoms with Crippen molar-refractivity contribution in [3.05, 3.63) is 46.6 Å². The Morgan fingerprint density at radius 1 is 1.17 bits per heavy atom. The third-order valence-electron chi connectivity index (χ3n) is 4.76. The minimum absolute atomic E-state index is 0.0354. The number of benzene rings is 1. The van der Waals surface area contributed by atoms with Gasteiger partial charge in [0.05, 0.1) is 10.9 Å². The first-order valence-corrected chi connectivity index (χ1v) is 11.4. The first-order chi connectivity index (χ1) is 14.1. The molecule has 0 saturated carbocycles. The average Bonchev–Trinajstić information content (AvgIpc) is 2.73. The molecule has 0 fully saturated rings. The number of carbonyl (C=O) groups excluding carboxylic acids is 2. The van der Waals surface area contributed by atoms with Gasteiger partial charge in [-0.15, -0.1) is 0 Å². The second kappa shape index (κ2) is 12.4. The second-order valence-electron chi connectivity index (χ2n) is 7.08. The van der Waals surface area contributed by atoms with Gasteiger partial charge in [-0.25, -0.2) is 10.3 Å². The average molecular weight is 420 g/mol. The highest BCUT2D eigenvalue weighted by molar-refractivity contribution is 8.04. The van der Waals surface area contributed by atoms with Gasteiger partial charge in [0.2, 0.25) is 5.91 Å². The lowest BCUT2D eigenvalue weighted by molar-refractivity contribution is -0.120. The maximum atomic E-state index is 12.5. The molecule has 1 aromatic carbocycles. The van der Waals surface area contributed by atoms with Gasteiger partial charge in [-0.2, -0.15) is 0 Å². The Balaban J connectivity index is 1.89. The van der Waals surface area contributed by atoms with Gasteiger partial charge >= 0.3 is 6.09 Å². The van der Waals surface area contributed by atoms with Crippen LogP contribution in [0.5, 0.6) is 0 Å². The summed E-state index contributed by atoms with van der Waals surface area (Å²) in [6.45, 7) is 7.27. The molecule has 29 heavy (non-hydrogen) atoms. The molecule has 0 aromatic heterocycles. The zero-order valence-electron chi connectivity index (χ0n) is 17.7. The fraction of sp³-hybridized carbons (Fsp3) is 0.545. The van der Waals surface area contributed by atoms with Crippen molar-refractivity contribution in [2.75, 3.05) is 13.1 Å². The van der Waals surface area contributed by atoms with Crippen LogP contribution >= 0.6 is 11.8 Å². The van der Waals surface area contributed by atoms with Crippen molar-refractivity contribution < 1.29 is 14.4 Å². The zero-order valence-corrected chi connectivity index (χ0v) is 18.5. The van der Waals surface area contributed by atoms with Crippen LogP contribution in [0.2, 0.25) is 0 Å². The number of thioether (sulfide) groups is 1. The Morgan fingerprint density at radius 3 is 2.59 bits per heavy atom. The van der Waals surface area contributed by atoms with Crippen molar-refractivity contribution in [3.8, 4) is 0 Å². The number of rotatable bonds is 11. The molecule has 1 aliphatic heterocycles.